The molecule has 0 radical (unpaired) electrons. The molecule has 0 bridgehead atoms. The number of nitrogens with one attached hydrogen (secondary N) is 1. The molecule has 5 nitrogen and oxygen atoms in total. The summed E-state index contributed by atoms with van der Waals surface area (Å²) in [6.07, 6.45) is 0.735. The quantitative estimate of drug-likeness (QED) is 0.885. The Bertz CT molecular complexity index is 680. The van der Waals surface area contributed by atoms with E-state index in [1.54, 1.807) is 6.07 Å². The highest BCUT2D eigenvalue weighted by molar-refractivity contribution is 5.83. The maximum Gasteiger partial charge on any atom is 0.266 e. The number of carbonyl (C=O) groups excluding carboxylic acids is 1. The highest BCUT2D eigenvalue weighted by atomic mass is 16.2. The van der Waals surface area contributed by atoms with Crippen LogP contribution in [0.25, 0.3) is 0 Å². The molecule has 1 aromatic carbocycles. The summed E-state index contributed by atoms with van der Waals surface area (Å²) >= 11 is 0. The molecule has 0 aliphatic carbocycles. The molecule has 0 saturated carbocycles. The molecule has 1 amide bonds. The molecule has 0 spiro atoms. The minimum Gasteiger partial charge on any atom is -0.354 e. The van der Waals surface area contributed by atoms with Gasteiger partial charge in [-0.1, -0.05) is 37.3 Å². The van der Waals surface area contributed by atoms with Crippen LogP contribution in [0, 0.1) is 6.92 Å². The average molecular weight is 299 g/mol. The number of hydrogen-bond acceptors (Lipinski definition) is 3. The number of nitrogens with zero attached hydrogens (tertiary/aromatic N) is 2. The Morgan fingerprint density at radius 3 is 2.64 bits per heavy atom. The molecule has 22 heavy (non-hydrogen) atoms. The van der Waals surface area contributed by atoms with E-state index in [1.165, 1.54) is 10.7 Å². The van der Waals surface area contributed by atoms with Crippen molar-refractivity contribution in [3.8, 4) is 0 Å². The number of aromatic nitrogens is 2. The van der Waals surface area contributed by atoms with Crippen molar-refractivity contribution in [1.82, 2.24) is 15.1 Å². The van der Waals surface area contributed by atoms with Gasteiger partial charge in [0.15, 0.2) is 0 Å². The first-order valence-corrected chi connectivity index (χ1v) is 7.49. The van der Waals surface area contributed by atoms with Crippen LogP contribution < -0.4 is 10.9 Å². The zero-order valence-corrected chi connectivity index (χ0v) is 13.0. The predicted molar refractivity (Wildman–Crippen MR) is 85.7 cm³/mol. The Hall–Kier alpha value is -2.43. The van der Waals surface area contributed by atoms with Crippen molar-refractivity contribution in [2.45, 2.75) is 32.7 Å². The van der Waals surface area contributed by atoms with Gasteiger partial charge in [-0.05, 0) is 25.0 Å². The van der Waals surface area contributed by atoms with Gasteiger partial charge in [-0.15, -0.1) is 0 Å². The van der Waals surface area contributed by atoms with E-state index in [-0.39, 0.29) is 17.4 Å². The third-order valence-corrected chi connectivity index (χ3v) is 3.55. The Morgan fingerprint density at radius 2 is 1.95 bits per heavy atom. The number of hydrogen-bond donors (Lipinski definition) is 1. The molecule has 1 N–H and O–H groups in total. The normalized spacial score (nSPS) is 11.9. The second kappa shape index (κ2) is 7.54. The van der Waals surface area contributed by atoms with E-state index in [0.717, 1.165) is 17.7 Å². The van der Waals surface area contributed by atoms with Gasteiger partial charge in [0, 0.05) is 12.6 Å². The maximum absolute atomic E-state index is 12.3. The molecule has 0 fully saturated rings. The van der Waals surface area contributed by atoms with Gasteiger partial charge >= 0.3 is 0 Å². The topological polar surface area (TPSA) is 64.0 Å². The van der Waals surface area contributed by atoms with E-state index in [4.69, 9.17) is 0 Å². The fourth-order valence-corrected chi connectivity index (χ4v) is 2.38. The molecule has 0 aliphatic rings. The van der Waals surface area contributed by atoms with Crippen LogP contribution in [0.1, 0.15) is 30.5 Å². The van der Waals surface area contributed by atoms with Gasteiger partial charge in [-0.3, -0.25) is 9.59 Å². The van der Waals surface area contributed by atoms with Crippen LogP contribution in [-0.2, 0) is 11.3 Å². The molecular formula is C17H21N3O2. The van der Waals surface area contributed by atoms with Crippen LogP contribution in [0.3, 0.4) is 0 Å². The van der Waals surface area contributed by atoms with E-state index < -0.39 is 0 Å². The largest absolute Gasteiger partial charge is 0.354 e. The molecule has 1 atom stereocenters. The molecule has 0 aliphatic heterocycles. The zero-order chi connectivity index (χ0) is 15.9. The lowest BCUT2D eigenvalue weighted by atomic mass is 9.96. The lowest BCUT2D eigenvalue weighted by molar-refractivity contribution is -0.122. The summed E-state index contributed by atoms with van der Waals surface area (Å²) in [5.74, 6) is -0.183. The second-order valence-corrected chi connectivity index (χ2v) is 5.20. The Kier molecular flexibility index (Phi) is 5.47. The summed E-state index contributed by atoms with van der Waals surface area (Å²) in [6, 6.07) is 12.9. The van der Waals surface area contributed by atoms with Crippen molar-refractivity contribution in [1.29, 1.82) is 0 Å². The Morgan fingerprint density at radius 1 is 1.23 bits per heavy atom. The summed E-state index contributed by atoms with van der Waals surface area (Å²) < 4.78 is 1.37. The van der Waals surface area contributed by atoms with Gasteiger partial charge in [0.1, 0.15) is 0 Å². The monoisotopic (exact) mass is 299 g/mol. The smallest absolute Gasteiger partial charge is 0.266 e. The highest BCUT2D eigenvalue weighted by Crippen LogP contribution is 2.18. The molecule has 2 rings (SSSR count). The second-order valence-electron chi connectivity index (χ2n) is 5.20. The fourth-order valence-electron chi connectivity index (χ4n) is 2.38. The highest BCUT2D eigenvalue weighted by Gasteiger charge is 2.17. The van der Waals surface area contributed by atoms with Gasteiger partial charge in [0.25, 0.3) is 5.56 Å². The number of aryl methyl sites for hydroxylation is 1. The van der Waals surface area contributed by atoms with E-state index in [1.807, 2.05) is 44.2 Å². The van der Waals surface area contributed by atoms with E-state index in [9.17, 15) is 9.59 Å². The van der Waals surface area contributed by atoms with Crippen molar-refractivity contribution >= 4 is 5.91 Å². The lowest BCUT2D eigenvalue weighted by Crippen LogP contribution is -2.34. The summed E-state index contributed by atoms with van der Waals surface area (Å²) in [4.78, 5) is 23.9. The van der Waals surface area contributed by atoms with Gasteiger partial charge < -0.3 is 5.32 Å². The third kappa shape index (κ3) is 4.04. The molecule has 1 aromatic heterocycles. The SMILES string of the molecule is CCC(C(=O)NCCn1nc(C)ccc1=O)c1ccccc1. The molecule has 116 valence electrons. The molecular weight excluding hydrogens is 278 g/mol. The average Bonchev–Trinajstić information content (AvgIpc) is 2.52. The van der Waals surface area contributed by atoms with Crippen LogP contribution >= 0.6 is 0 Å². The minimum absolute atomic E-state index is 0.0191. The van der Waals surface area contributed by atoms with Crippen molar-refractivity contribution in [3.05, 3.63) is 64.1 Å². The van der Waals surface area contributed by atoms with E-state index in [2.05, 4.69) is 10.4 Å². The van der Waals surface area contributed by atoms with Crippen molar-refractivity contribution in [2.75, 3.05) is 6.54 Å². The molecule has 0 saturated heterocycles. The van der Waals surface area contributed by atoms with Gasteiger partial charge in [-0.25, -0.2) is 4.68 Å². The van der Waals surface area contributed by atoms with Crippen LogP contribution in [0.2, 0.25) is 0 Å². The minimum atomic E-state index is -0.164. The lowest BCUT2D eigenvalue weighted by Gasteiger charge is -2.15. The predicted octanol–water partition coefficient (Wildman–Crippen LogP) is 1.86. The molecule has 5 heteroatoms. The van der Waals surface area contributed by atoms with Crippen LogP contribution in [0.4, 0.5) is 0 Å². The van der Waals surface area contributed by atoms with E-state index in [0.29, 0.717) is 13.1 Å². The van der Waals surface area contributed by atoms with E-state index >= 15 is 0 Å². The first kappa shape index (κ1) is 15.9. The molecule has 1 heterocycles. The Balaban J connectivity index is 1.94. The van der Waals surface area contributed by atoms with Gasteiger partial charge in [-0.2, -0.15) is 5.10 Å². The summed E-state index contributed by atoms with van der Waals surface area (Å²) in [7, 11) is 0. The summed E-state index contributed by atoms with van der Waals surface area (Å²) in [5, 5.41) is 7.03. The molecule has 2 aromatic rings. The first-order chi connectivity index (χ1) is 10.6. The van der Waals surface area contributed by atoms with Gasteiger partial charge in [0.2, 0.25) is 5.91 Å². The third-order valence-electron chi connectivity index (χ3n) is 3.55. The summed E-state index contributed by atoms with van der Waals surface area (Å²) in [6.45, 7) is 4.58. The van der Waals surface area contributed by atoms with Crippen molar-refractivity contribution in [3.63, 3.8) is 0 Å². The van der Waals surface area contributed by atoms with Gasteiger partial charge in [0.05, 0.1) is 18.2 Å². The number of amides is 1. The molecule has 1 unspecified atom stereocenters. The van der Waals surface area contributed by atoms with Crippen LogP contribution in [0.5, 0.6) is 0 Å². The van der Waals surface area contributed by atoms with Crippen LogP contribution in [0.15, 0.2) is 47.3 Å². The summed E-state index contributed by atoms with van der Waals surface area (Å²) in [5.41, 5.74) is 1.63. The zero-order valence-electron chi connectivity index (χ0n) is 13.0. The number of carbonyl (C=O) groups is 1. The number of rotatable bonds is 6. The first-order valence-electron chi connectivity index (χ1n) is 7.49. The standard InChI is InChI=1S/C17H21N3O2/c1-3-15(14-7-5-4-6-8-14)17(22)18-11-12-20-16(21)10-9-13(2)19-20/h4-10,15H,3,11-12H2,1-2H3,(H,18,22). The number of benzene rings is 1. The van der Waals surface area contributed by atoms with Crippen LogP contribution in [-0.4, -0.2) is 22.2 Å². The van der Waals surface area contributed by atoms with Crippen molar-refractivity contribution in [2.24, 2.45) is 0 Å². The maximum atomic E-state index is 12.3. The van der Waals surface area contributed by atoms with Crippen molar-refractivity contribution < 1.29 is 4.79 Å². The fraction of sp³-hybridized carbons (Fsp3) is 0.353. The Labute approximate surface area is 130 Å².